The van der Waals surface area contributed by atoms with Gasteiger partial charge in [-0.1, -0.05) is 0 Å². The van der Waals surface area contributed by atoms with Gasteiger partial charge in [-0.2, -0.15) is 0 Å². The number of aromatic nitrogens is 1. The van der Waals surface area contributed by atoms with Crippen molar-refractivity contribution in [1.29, 1.82) is 0 Å². The Morgan fingerprint density at radius 1 is 1.23 bits per heavy atom. The van der Waals surface area contributed by atoms with Crippen LogP contribution in [0.1, 0.15) is 16.1 Å². The number of fused-ring (bicyclic) bond motifs is 1. The third-order valence-electron chi connectivity index (χ3n) is 3.96. The predicted octanol–water partition coefficient (Wildman–Crippen LogP) is 3.36. The number of ether oxygens (including phenoxy) is 1. The third kappa shape index (κ3) is 2.93. The number of hydrogen-bond acceptors (Lipinski definition) is 6. The molecule has 0 saturated heterocycles. The molecule has 3 aromatic rings. The minimum absolute atomic E-state index is 0.0755. The van der Waals surface area contributed by atoms with Gasteiger partial charge in [0.2, 0.25) is 0 Å². The highest BCUT2D eigenvalue weighted by Crippen LogP contribution is 2.36. The summed E-state index contributed by atoms with van der Waals surface area (Å²) < 4.78 is 45.0. The van der Waals surface area contributed by atoms with Gasteiger partial charge in [-0.3, -0.25) is 9.29 Å². The number of aryl methyl sites for hydroxylation is 1. The number of carbonyl (C=O) groups is 1. The first-order valence-electron chi connectivity index (χ1n) is 7.46. The monoisotopic (exact) mass is 394 g/mol. The lowest BCUT2D eigenvalue weighted by Crippen LogP contribution is -2.29. The molecule has 0 amide bonds. The van der Waals surface area contributed by atoms with Crippen molar-refractivity contribution in [2.75, 3.05) is 18.5 Å². The van der Waals surface area contributed by atoms with Gasteiger partial charge in [0.1, 0.15) is 11.4 Å². The number of esters is 1. The van der Waals surface area contributed by atoms with Crippen LogP contribution in [0.3, 0.4) is 0 Å². The second-order valence-electron chi connectivity index (χ2n) is 5.51. The standard InChI is InChI=1S/C17H15FN2O4S2/c1-10-15(17(21)24-3)16(13-8-25-9-14(13)19-10)20(2)26(22,23)12-6-4-11(18)5-7-12/h4-9H,1-3H3. The zero-order valence-corrected chi connectivity index (χ0v) is 15.8. The van der Waals surface area contributed by atoms with Crippen LogP contribution in [0.25, 0.3) is 10.9 Å². The Hall–Kier alpha value is -2.52. The molecule has 2 aromatic heterocycles. The second kappa shape index (κ2) is 6.65. The third-order valence-corrected chi connectivity index (χ3v) is 6.46. The molecular formula is C17H15FN2O4S2. The summed E-state index contributed by atoms with van der Waals surface area (Å²) in [5.74, 6) is -1.22. The normalized spacial score (nSPS) is 11.5. The SMILES string of the molecule is COC(=O)c1c(C)nc2cscc2c1N(C)S(=O)(=O)c1ccc(F)cc1. The number of nitrogens with zero attached hydrogens (tertiary/aromatic N) is 2. The van der Waals surface area contributed by atoms with E-state index in [0.717, 1.165) is 16.4 Å². The van der Waals surface area contributed by atoms with Crippen LogP contribution in [0.5, 0.6) is 0 Å². The summed E-state index contributed by atoms with van der Waals surface area (Å²) in [6, 6.07) is 4.50. The largest absolute Gasteiger partial charge is 0.465 e. The van der Waals surface area contributed by atoms with E-state index in [1.54, 1.807) is 17.7 Å². The van der Waals surface area contributed by atoms with E-state index < -0.39 is 21.8 Å². The first-order chi connectivity index (χ1) is 12.3. The molecule has 136 valence electrons. The molecule has 1 aromatic carbocycles. The van der Waals surface area contributed by atoms with Gasteiger partial charge in [0.15, 0.2) is 0 Å². The van der Waals surface area contributed by atoms with Crippen molar-refractivity contribution in [3.8, 4) is 0 Å². The molecule has 0 aliphatic rings. The number of carbonyl (C=O) groups excluding carboxylic acids is 1. The van der Waals surface area contributed by atoms with Crippen molar-refractivity contribution in [2.45, 2.75) is 11.8 Å². The molecule has 0 atom stereocenters. The molecule has 0 saturated carbocycles. The summed E-state index contributed by atoms with van der Waals surface area (Å²) in [7, 11) is -1.46. The van der Waals surface area contributed by atoms with Crippen molar-refractivity contribution in [3.63, 3.8) is 0 Å². The molecule has 3 rings (SSSR count). The maximum atomic E-state index is 13.2. The summed E-state index contributed by atoms with van der Waals surface area (Å²) in [6.07, 6.45) is 0. The lowest BCUT2D eigenvalue weighted by atomic mass is 10.1. The average molecular weight is 394 g/mol. The molecule has 0 bridgehead atoms. The summed E-state index contributed by atoms with van der Waals surface area (Å²) in [6.45, 7) is 1.62. The lowest BCUT2D eigenvalue weighted by Gasteiger charge is -2.23. The van der Waals surface area contributed by atoms with Crippen molar-refractivity contribution in [3.05, 3.63) is 52.1 Å². The molecule has 9 heteroatoms. The minimum atomic E-state index is -4.02. The summed E-state index contributed by atoms with van der Waals surface area (Å²) >= 11 is 1.34. The highest BCUT2D eigenvalue weighted by atomic mass is 32.2. The molecule has 0 aliphatic carbocycles. The maximum Gasteiger partial charge on any atom is 0.341 e. The summed E-state index contributed by atoms with van der Waals surface area (Å²) in [5, 5.41) is 4.01. The van der Waals surface area contributed by atoms with Gasteiger partial charge in [-0.05, 0) is 31.2 Å². The number of thiophene rings is 1. The number of hydrogen-bond donors (Lipinski definition) is 0. The Morgan fingerprint density at radius 2 is 1.88 bits per heavy atom. The summed E-state index contributed by atoms with van der Waals surface area (Å²) in [4.78, 5) is 16.6. The topological polar surface area (TPSA) is 76.6 Å². The molecule has 0 fully saturated rings. The van der Waals surface area contributed by atoms with Gasteiger partial charge in [0, 0.05) is 23.2 Å². The quantitative estimate of drug-likeness (QED) is 0.634. The van der Waals surface area contributed by atoms with E-state index in [9.17, 15) is 17.6 Å². The van der Waals surface area contributed by atoms with Crippen LogP contribution in [0, 0.1) is 12.7 Å². The number of methoxy groups -OCH3 is 1. The highest BCUT2D eigenvalue weighted by molar-refractivity contribution is 7.92. The van der Waals surface area contributed by atoms with Crippen LogP contribution in [0.4, 0.5) is 10.1 Å². The Morgan fingerprint density at radius 3 is 2.50 bits per heavy atom. The molecule has 26 heavy (non-hydrogen) atoms. The lowest BCUT2D eigenvalue weighted by molar-refractivity contribution is 0.0600. The maximum absolute atomic E-state index is 13.2. The molecule has 0 aliphatic heterocycles. The fourth-order valence-electron chi connectivity index (χ4n) is 2.66. The molecule has 0 N–H and O–H groups in total. The fraction of sp³-hybridized carbons (Fsp3) is 0.176. The Balaban J connectivity index is 2.27. The number of halogens is 1. The van der Waals surface area contributed by atoms with E-state index in [-0.39, 0.29) is 16.1 Å². The Bertz CT molecular complexity index is 1090. The first kappa shape index (κ1) is 18.3. The van der Waals surface area contributed by atoms with E-state index in [0.29, 0.717) is 16.6 Å². The van der Waals surface area contributed by atoms with E-state index in [2.05, 4.69) is 4.98 Å². The average Bonchev–Trinajstić information content (AvgIpc) is 3.07. The second-order valence-corrected chi connectivity index (χ2v) is 8.22. The van der Waals surface area contributed by atoms with Crippen molar-refractivity contribution in [2.24, 2.45) is 0 Å². The Kier molecular flexibility index (Phi) is 4.68. The summed E-state index contributed by atoms with van der Waals surface area (Å²) in [5.41, 5.74) is 1.20. The molecule has 0 spiro atoms. The van der Waals surface area contributed by atoms with E-state index in [4.69, 9.17) is 4.74 Å². The molecule has 0 unspecified atom stereocenters. The van der Waals surface area contributed by atoms with Crippen LogP contribution >= 0.6 is 11.3 Å². The van der Waals surface area contributed by atoms with Gasteiger partial charge in [0.05, 0.1) is 28.9 Å². The molecule has 6 nitrogen and oxygen atoms in total. The van der Waals surface area contributed by atoms with Crippen molar-refractivity contribution < 1.29 is 22.3 Å². The number of anilines is 1. The van der Waals surface area contributed by atoms with Crippen LogP contribution in [-0.2, 0) is 14.8 Å². The highest BCUT2D eigenvalue weighted by Gasteiger charge is 2.30. The number of benzene rings is 1. The van der Waals surface area contributed by atoms with Gasteiger partial charge in [-0.25, -0.2) is 17.6 Å². The van der Waals surface area contributed by atoms with Crippen molar-refractivity contribution in [1.82, 2.24) is 4.98 Å². The fourth-order valence-corrected chi connectivity index (χ4v) is 4.63. The Labute approximate surface area is 153 Å². The zero-order chi connectivity index (χ0) is 19.1. The van der Waals surface area contributed by atoms with Crippen LogP contribution in [0.2, 0.25) is 0 Å². The van der Waals surface area contributed by atoms with Crippen molar-refractivity contribution >= 4 is 43.9 Å². The number of sulfonamides is 1. The molecule has 0 radical (unpaired) electrons. The predicted molar refractivity (Wildman–Crippen MR) is 97.7 cm³/mol. The smallest absolute Gasteiger partial charge is 0.341 e. The van der Waals surface area contributed by atoms with Gasteiger partial charge in [0.25, 0.3) is 10.0 Å². The van der Waals surface area contributed by atoms with E-state index >= 15 is 0 Å². The number of pyridine rings is 1. The van der Waals surface area contributed by atoms with Gasteiger partial charge < -0.3 is 4.74 Å². The van der Waals surface area contributed by atoms with Crippen LogP contribution < -0.4 is 4.31 Å². The van der Waals surface area contributed by atoms with Gasteiger partial charge >= 0.3 is 5.97 Å². The van der Waals surface area contributed by atoms with Crippen LogP contribution in [0.15, 0.2) is 39.9 Å². The van der Waals surface area contributed by atoms with Crippen LogP contribution in [-0.4, -0.2) is 33.5 Å². The molecule has 2 heterocycles. The zero-order valence-electron chi connectivity index (χ0n) is 14.2. The minimum Gasteiger partial charge on any atom is -0.465 e. The van der Waals surface area contributed by atoms with Gasteiger partial charge in [-0.15, -0.1) is 11.3 Å². The van der Waals surface area contributed by atoms with E-state index in [1.807, 2.05) is 0 Å². The molecular weight excluding hydrogens is 379 g/mol. The first-order valence-corrected chi connectivity index (χ1v) is 9.85. The van der Waals surface area contributed by atoms with E-state index in [1.165, 1.54) is 37.6 Å². The number of rotatable bonds is 4.